The van der Waals surface area contributed by atoms with Gasteiger partial charge in [0.1, 0.15) is 0 Å². The van der Waals surface area contributed by atoms with Crippen LogP contribution in [0.1, 0.15) is 54.9 Å². The number of ether oxygens (including phenoxy) is 2. The van der Waals surface area contributed by atoms with E-state index >= 15 is 0 Å². The van der Waals surface area contributed by atoms with Crippen molar-refractivity contribution >= 4 is 0 Å². The summed E-state index contributed by atoms with van der Waals surface area (Å²) in [6, 6.07) is 0. The lowest BCUT2D eigenvalue weighted by atomic mass is 9.85. The molecule has 4 nitrogen and oxygen atoms in total. The zero-order valence-electron chi connectivity index (χ0n) is 17.1. The molecule has 4 heteroatoms. The first-order valence-electron chi connectivity index (χ1n) is 9.74. The molecule has 0 aliphatic carbocycles. The Kier molecular flexibility index (Phi) is 6.74. The van der Waals surface area contributed by atoms with Crippen molar-refractivity contribution < 1.29 is 9.47 Å². The van der Waals surface area contributed by atoms with E-state index in [4.69, 9.17) is 9.47 Å². The van der Waals surface area contributed by atoms with Crippen molar-refractivity contribution in [1.29, 1.82) is 0 Å². The van der Waals surface area contributed by atoms with Gasteiger partial charge in [0.2, 0.25) is 0 Å². The highest BCUT2D eigenvalue weighted by molar-refractivity contribution is 4.85. The van der Waals surface area contributed by atoms with Gasteiger partial charge in [0, 0.05) is 39.3 Å². The van der Waals surface area contributed by atoms with Crippen molar-refractivity contribution in [2.75, 3.05) is 45.9 Å². The van der Waals surface area contributed by atoms with E-state index in [0.29, 0.717) is 23.7 Å². The zero-order valence-corrected chi connectivity index (χ0v) is 17.1. The van der Waals surface area contributed by atoms with Gasteiger partial charge in [0.15, 0.2) is 0 Å². The molecule has 2 aliphatic heterocycles. The van der Waals surface area contributed by atoms with Crippen LogP contribution in [-0.2, 0) is 9.47 Å². The Labute approximate surface area is 149 Å². The van der Waals surface area contributed by atoms with Gasteiger partial charge in [-0.3, -0.25) is 9.80 Å². The second kappa shape index (κ2) is 8.03. The van der Waals surface area contributed by atoms with Gasteiger partial charge in [0.25, 0.3) is 0 Å². The van der Waals surface area contributed by atoms with Crippen LogP contribution < -0.4 is 0 Å². The number of morpholine rings is 2. The van der Waals surface area contributed by atoms with Crippen LogP contribution in [-0.4, -0.2) is 74.0 Å². The molecule has 2 aliphatic rings. The lowest BCUT2D eigenvalue weighted by Crippen LogP contribution is -2.50. The zero-order chi connectivity index (χ0) is 18.0. The Morgan fingerprint density at radius 3 is 2.08 bits per heavy atom. The van der Waals surface area contributed by atoms with E-state index in [0.717, 1.165) is 52.3 Å². The summed E-state index contributed by atoms with van der Waals surface area (Å²) in [5, 5.41) is 0. The van der Waals surface area contributed by atoms with Crippen LogP contribution in [0.25, 0.3) is 0 Å². The predicted octanol–water partition coefficient (Wildman–Crippen LogP) is 3.26. The van der Waals surface area contributed by atoms with E-state index in [1.165, 1.54) is 0 Å². The molecule has 24 heavy (non-hydrogen) atoms. The highest BCUT2D eigenvalue weighted by Crippen LogP contribution is 2.29. The number of nitrogens with zero attached hydrogens (tertiary/aromatic N) is 2. The van der Waals surface area contributed by atoms with Gasteiger partial charge in [-0.1, -0.05) is 34.6 Å². The van der Waals surface area contributed by atoms with Crippen LogP contribution in [0.15, 0.2) is 0 Å². The first-order valence-corrected chi connectivity index (χ1v) is 9.74. The van der Waals surface area contributed by atoms with Crippen LogP contribution in [0, 0.1) is 10.8 Å². The molecule has 0 bridgehead atoms. The molecule has 3 atom stereocenters. The smallest absolute Gasteiger partial charge is 0.0708 e. The van der Waals surface area contributed by atoms with Gasteiger partial charge in [-0.25, -0.2) is 0 Å². The van der Waals surface area contributed by atoms with E-state index < -0.39 is 0 Å². The molecule has 0 aromatic rings. The van der Waals surface area contributed by atoms with E-state index in [1.54, 1.807) is 0 Å². The van der Waals surface area contributed by atoms with Crippen molar-refractivity contribution in [3.63, 3.8) is 0 Å². The number of rotatable bonds is 5. The van der Waals surface area contributed by atoms with Crippen molar-refractivity contribution in [3.05, 3.63) is 0 Å². The maximum Gasteiger partial charge on any atom is 0.0708 e. The number of hydrogen-bond acceptors (Lipinski definition) is 4. The van der Waals surface area contributed by atoms with Crippen LogP contribution in [0.3, 0.4) is 0 Å². The summed E-state index contributed by atoms with van der Waals surface area (Å²) in [4.78, 5) is 5.16. The molecule has 142 valence electrons. The molecule has 0 radical (unpaired) electrons. The first-order chi connectivity index (χ1) is 11.0. The predicted molar refractivity (Wildman–Crippen MR) is 100 cm³/mol. The molecule has 3 unspecified atom stereocenters. The third-order valence-electron chi connectivity index (χ3n) is 4.85. The summed E-state index contributed by atoms with van der Waals surface area (Å²) in [6.45, 7) is 23.5. The van der Waals surface area contributed by atoms with Gasteiger partial charge < -0.3 is 9.47 Å². The average Bonchev–Trinajstić information content (AvgIpc) is 2.33. The maximum absolute atomic E-state index is 6.11. The molecule has 2 rings (SSSR count). The van der Waals surface area contributed by atoms with Crippen LogP contribution in [0.5, 0.6) is 0 Å². The summed E-state index contributed by atoms with van der Waals surface area (Å²) in [7, 11) is 0. The molecule has 0 saturated carbocycles. The normalized spacial score (nSPS) is 31.4. The molecule has 2 saturated heterocycles. The Morgan fingerprint density at radius 2 is 1.50 bits per heavy atom. The van der Waals surface area contributed by atoms with Crippen molar-refractivity contribution in [2.24, 2.45) is 10.8 Å². The highest BCUT2D eigenvalue weighted by Gasteiger charge is 2.32. The van der Waals surface area contributed by atoms with E-state index in [1.807, 2.05) is 0 Å². The van der Waals surface area contributed by atoms with Crippen LogP contribution in [0.2, 0.25) is 0 Å². The largest absolute Gasteiger partial charge is 0.376 e. The fourth-order valence-electron chi connectivity index (χ4n) is 4.42. The minimum atomic E-state index is 0.270. The van der Waals surface area contributed by atoms with Crippen LogP contribution in [0.4, 0.5) is 0 Å². The third kappa shape index (κ3) is 6.99. The molecule has 0 amide bonds. The van der Waals surface area contributed by atoms with Gasteiger partial charge in [-0.15, -0.1) is 0 Å². The second-order valence-electron chi connectivity index (χ2n) is 10.1. The summed E-state index contributed by atoms with van der Waals surface area (Å²) in [6.07, 6.45) is 2.19. The quantitative estimate of drug-likeness (QED) is 0.767. The standard InChI is InChI=1S/C20H40N2O2/c1-16-11-22(12-17(2)24-16)15-20(6,7)10-18-13-21(8-9-23-18)14-19(3,4)5/h16-18H,8-15H2,1-7H3. The summed E-state index contributed by atoms with van der Waals surface area (Å²) < 4.78 is 12.0. The minimum absolute atomic E-state index is 0.270. The Morgan fingerprint density at radius 1 is 0.875 bits per heavy atom. The number of hydrogen-bond donors (Lipinski definition) is 0. The van der Waals surface area contributed by atoms with Crippen molar-refractivity contribution in [2.45, 2.75) is 73.2 Å². The lowest BCUT2D eigenvalue weighted by Gasteiger charge is -2.42. The molecular weight excluding hydrogens is 300 g/mol. The molecule has 2 fully saturated rings. The van der Waals surface area contributed by atoms with Crippen LogP contribution >= 0.6 is 0 Å². The molecular formula is C20H40N2O2. The Bertz CT molecular complexity index is 382. The lowest BCUT2D eigenvalue weighted by molar-refractivity contribution is -0.0860. The summed E-state index contributed by atoms with van der Waals surface area (Å²) in [5.41, 5.74) is 0.629. The maximum atomic E-state index is 6.11. The second-order valence-corrected chi connectivity index (χ2v) is 10.1. The Balaban J connectivity index is 1.84. The van der Waals surface area contributed by atoms with E-state index in [2.05, 4.69) is 58.3 Å². The molecule has 0 aromatic heterocycles. The molecule has 0 aromatic carbocycles. The topological polar surface area (TPSA) is 24.9 Å². The molecule has 0 spiro atoms. The van der Waals surface area contributed by atoms with Crippen molar-refractivity contribution in [1.82, 2.24) is 9.80 Å². The SMILES string of the molecule is CC1CN(CC(C)(C)CC2CN(CC(C)(C)C)CCO2)CC(C)O1. The van der Waals surface area contributed by atoms with E-state index in [9.17, 15) is 0 Å². The fraction of sp³-hybridized carbons (Fsp3) is 1.00. The van der Waals surface area contributed by atoms with Gasteiger partial charge >= 0.3 is 0 Å². The summed E-state index contributed by atoms with van der Waals surface area (Å²) in [5.74, 6) is 0. The van der Waals surface area contributed by atoms with Gasteiger partial charge in [-0.05, 0) is 31.1 Å². The fourth-order valence-corrected chi connectivity index (χ4v) is 4.42. The molecule has 0 N–H and O–H groups in total. The summed E-state index contributed by atoms with van der Waals surface area (Å²) >= 11 is 0. The monoisotopic (exact) mass is 340 g/mol. The minimum Gasteiger partial charge on any atom is -0.376 e. The Hall–Kier alpha value is -0.160. The first kappa shape index (κ1) is 20.2. The van der Waals surface area contributed by atoms with Gasteiger partial charge in [0.05, 0.1) is 24.9 Å². The van der Waals surface area contributed by atoms with E-state index in [-0.39, 0.29) is 5.41 Å². The average molecular weight is 341 g/mol. The third-order valence-corrected chi connectivity index (χ3v) is 4.85. The van der Waals surface area contributed by atoms with Gasteiger partial charge in [-0.2, -0.15) is 0 Å². The molecule has 2 heterocycles. The van der Waals surface area contributed by atoms with Crippen molar-refractivity contribution in [3.8, 4) is 0 Å². The highest BCUT2D eigenvalue weighted by atomic mass is 16.5.